The van der Waals surface area contributed by atoms with Gasteiger partial charge in [0.2, 0.25) is 0 Å². The van der Waals surface area contributed by atoms with Crippen molar-refractivity contribution < 1.29 is 13.6 Å². The van der Waals surface area contributed by atoms with Gasteiger partial charge in [-0.2, -0.15) is 0 Å². The Labute approximate surface area is 112 Å². The summed E-state index contributed by atoms with van der Waals surface area (Å²) >= 11 is 0. The molecule has 0 fully saturated rings. The molecular weight excluding hydrogens is 244 g/mol. The molecule has 1 atom stereocenters. The Morgan fingerprint density at radius 1 is 1.37 bits per heavy atom. The van der Waals surface area contributed by atoms with E-state index in [9.17, 15) is 4.79 Å². The molecule has 2 heterocycles. The first-order chi connectivity index (χ1) is 9.08. The van der Waals surface area contributed by atoms with Gasteiger partial charge in [-0.25, -0.2) is 0 Å². The molecular formula is C14H18N2O3. The van der Waals surface area contributed by atoms with Gasteiger partial charge in [-0.15, -0.1) is 0 Å². The summed E-state index contributed by atoms with van der Waals surface area (Å²) in [6.07, 6.45) is 1.48. The number of rotatable bonds is 5. The van der Waals surface area contributed by atoms with Crippen molar-refractivity contribution in [2.24, 2.45) is 0 Å². The monoisotopic (exact) mass is 262 g/mol. The van der Waals surface area contributed by atoms with E-state index >= 15 is 0 Å². The van der Waals surface area contributed by atoms with Crippen molar-refractivity contribution in [3.63, 3.8) is 0 Å². The van der Waals surface area contributed by atoms with Gasteiger partial charge in [-0.05, 0) is 45.3 Å². The highest BCUT2D eigenvalue weighted by molar-refractivity contribution is 5.91. The second kappa shape index (κ2) is 5.75. The lowest BCUT2D eigenvalue weighted by Crippen LogP contribution is -2.34. The minimum absolute atomic E-state index is 0.00684. The molecule has 0 spiro atoms. The number of furan rings is 2. The number of nitrogens with zero attached hydrogens (tertiary/aromatic N) is 1. The summed E-state index contributed by atoms with van der Waals surface area (Å²) in [5.74, 6) is 1.79. The van der Waals surface area contributed by atoms with Gasteiger partial charge in [0, 0.05) is 6.54 Å². The highest BCUT2D eigenvalue weighted by atomic mass is 16.3. The zero-order valence-electron chi connectivity index (χ0n) is 11.3. The van der Waals surface area contributed by atoms with Crippen LogP contribution in [0.5, 0.6) is 0 Å². The molecule has 0 aromatic carbocycles. The SMILES string of the molecule is Cc1ccc([C@H](CNC(=O)c2ccco2)N(C)C)o1. The normalized spacial score (nSPS) is 12.6. The third-order valence-corrected chi connectivity index (χ3v) is 2.91. The lowest BCUT2D eigenvalue weighted by molar-refractivity contribution is 0.0911. The third-order valence-electron chi connectivity index (χ3n) is 2.91. The summed E-state index contributed by atoms with van der Waals surface area (Å²) in [6.45, 7) is 2.36. The van der Waals surface area contributed by atoms with Crippen LogP contribution in [0.1, 0.15) is 28.1 Å². The summed E-state index contributed by atoms with van der Waals surface area (Å²) < 4.78 is 10.7. The van der Waals surface area contributed by atoms with Crippen molar-refractivity contribution in [2.45, 2.75) is 13.0 Å². The highest BCUT2D eigenvalue weighted by Gasteiger charge is 2.19. The van der Waals surface area contributed by atoms with Crippen LogP contribution in [0.3, 0.4) is 0 Å². The molecule has 0 aliphatic carbocycles. The Hall–Kier alpha value is -2.01. The molecule has 0 aliphatic heterocycles. The fourth-order valence-corrected chi connectivity index (χ4v) is 1.85. The van der Waals surface area contributed by atoms with Crippen molar-refractivity contribution >= 4 is 5.91 Å². The van der Waals surface area contributed by atoms with Crippen molar-refractivity contribution in [1.29, 1.82) is 0 Å². The topological polar surface area (TPSA) is 58.6 Å². The summed E-state index contributed by atoms with van der Waals surface area (Å²) in [7, 11) is 3.89. The molecule has 2 rings (SSSR count). The van der Waals surface area contributed by atoms with Crippen LogP contribution in [0.25, 0.3) is 0 Å². The minimum atomic E-state index is -0.222. The van der Waals surface area contributed by atoms with Crippen molar-refractivity contribution in [1.82, 2.24) is 10.2 Å². The molecule has 19 heavy (non-hydrogen) atoms. The molecule has 2 aromatic heterocycles. The number of hydrogen-bond acceptors (Lipinski definition) is 4. The second-order valence-corrected chi connectivity index (χ2v) is 4.62. The van der Waals surface area contributed by atoms with Gasteiger partial charge in [0.25, 0.3) is 5.91 Å². The zero-order valence-corrected chi connectivity index (χ0v) is 11.3. The average molecular weight is 262 g/mol. The molecule has 0 radical (unpaired) electrons. The Morgan fingerprint density at radius 2 is 2.16 bits per heavy atom. The van der Waals surface area contributed by atoms with Crippen LogP contribution in [0, 0.1) is 6.92 Å². The average Bonchev–Trinajstić information content (AvgIpc) is 3.00. The number of likely N-dealkylation sites (N-methyl/N-ethyl adjacent to an activating group) is 1. The van der Waals surface area contributed by atoms with Gasteiger partial charge in [0.05, 0.1) is 12.3 Å². The first-order valence-electron chi connectivity index (χ1n) is 6.12. The van der Waals surface area contributed by atoms with Crippen LogP contribution < -0.4 is 5.32 Å². The largest absolute Gasteiger partial charge is 0.465 e. The lowest BCUT2D eigenvalue weighted by atomic mass is 10.2. The number of aryl methyl sites for hydroxylation is 1. The van der Waals surface area contributed by atoms with Crippen LogP contribution in [-0.2, 0) is 0 Å². The molecule has 102 valence electrons. The summed E-state index contributed by atoms with van der Waals surface area (Å²) in [4.78, 5) is 13.8. The summed E-state index contributed by atoms with van der Waals surface area (Å²) in [6, 6.07) is 7.16. The molecule has 2 aromatic rings. The van der Waals surface area contributed by atoms with Crippen molar-refractivity contribution in [3.8, 4) is 0 Å². The number of amides is 1. The van der Waals surface area contributed by atoms with Crippen LogP contribution in [-0.4, -0.2) is 31.4 Å². The Bertz CT molecular complexity index is 529. The zero-order chi connectivity index (χ0) is 13.8. The van der Waals surface area contributed by atoms with Crippen LogP contribution in [0.15, 0.2) is 39.4 Å². The summed E-state index contributed by atoms with van der Waals surface area (Å²) in [5, 5.41) is 2.84. The molecule has 0 bridgehead atoms. The molecule has 1 amide bonds. The molecule has 1 N–H and O–H groups in total. The second-order valence-electron chi connectivity index (χ2n) is 4.62. The van der Waals surface area contributed by atoms with Gasteiger partial charge in [-0.3, -0.25) is 9.69 Å². The first kappa shape index (κ1) is 13.4. The van der Waals surface area contributed by atoms with Crippen molar-refractivity contribution in [2.75, 3.05) is 20.6 Å². The van der Waals surface area contributed by atoms with Gasteiger partial charge in [0.1, 0.15) is 11.5 Å². The Morgan fingerprint density at radius 3 is 2.68 bits per heavy atom. The highest BCUT2D eigenvalue weighted by Crippen LogP contribution is 2.20. The van der Waals surface area contributed by atoms with E-state index in [0.29, 0.717) is 12.3 Å². The molecule has 0 saturated carbocycles. The van der Waals surface area contributed by atoms with E-state index in [2.05, 4.69) is 5.32 Å². The maximum Gasteiger partial charge on any atom is 0.287 e. The van der Waals surface area contributed by atoms with E-state index < -0.39 is 0 Å². The van der Waals surface area contributed by atoms with E-state index in [-0.39, 0.29) is 11.9 Å². The standard InChI is InChI=1S/C14H18N2O3/c1-10-6-7-12(19-10)11(16(2)3)9-15-14(17)13-5-4-8-18-13/h4-8,11H,9H2,1-3H3,(H,15,17)/t11-/m0/s1. The van der Waals surface area contributed by atoms with Crippen LogP contribution >= 0.6 is 0 Å². The lowest BCUT2D eigenvalue weighted by Gasteiger charge is -2.22. The van der Waals surface area contributed by atoms with Gasteiger partial charge in [0.15, 0.2) is 5.76 Å². The van der Waals surface area contributed by atoms with Gasteiger partial charge < -0.3 is 14.2 Å². The third kappa shape index (κ3) is 3.26. The van der Waals surface area contributed by atoms with E-state index in [4.69, 9.17) is 8.83 Å². The Balaban J connectivity index is 2.00. The maximum absolute atomic E-state index is 11.8. The van der Waals surface area contributed by atoms with E-state index in [1.165, 1.54) is 6.26 Å². The molecule has 0 aliphatic rings. The maximum atomic E-state index is 11.8. The molecule has 0 unspecified atom stereocenters. The van der Waals surface area contributed by atoms with Crippen LogP contribution in [0.4, 0.5) is 0 Å². The molecule has 5 nitrogen and oxygen atoms in total. The number of hydrogen-bond donors (Lipinski definition) is 1. The predicted molar refractivity (Wildman–Crippen MR) is 70.9 cm³/mol. The van der Waals surface area contributed by atoms with Gasteiger partial charge >= 0.3 is 0 Å². The quantitative estimate of drug-likeness (QED) is 0.897. The number of nitrogens with one attached hydrogen (secondary N) is 1. The van der Waals surface area contributed by atoms with Crippen molar-refractivity contribution in [3.05, 3.63) is 47.8 Å². The van der Waals surface area contributed by atoms with E-state index in [1.54, 1.807) is 12.1 Å². The number of carbonyl (C=O) groups excluding carboxylic acids is 1. The Kier molecular flexibility index (Phi) is 4.06. The van der Waals surface area contributed by atoms with E-state index in [0.717, 1.165) is 11.5 Å². The first-order valence-corrected chi connectivity index (χ1v) is 6.12. The summed E-state index contributed by atoms with van der Waals surface area (Å²) in [5.41, 5.74) is 0. The molecule has 5 heteroatoms. The number of carbonyl (C=O) groups is 1. The van der Waals surface area contributed by atoms with E-state index in [1.807, 2.05) is 38.1 Å². The van der Waals surface area contributed by atoms with Gasteiger partial charge in [-0.1, -0.05) is 0 Å². The van der Waals surface area contributed by atoms with Crippen LogP contribution in [0.2, 0.25) is 0 Å². The fourth-order valence-electron chi connectivity index (χ4n) is 1.85. The predicted octanol–water partition coefficient (Wildman–Crippen LogP) is 2.21. The smallest absolute Gasteiger partial charge is 0.287 e. The fraction of sp³-hybridized carbons (Fsp3) is 0.357. The minimum Gasteiger partial charge on any atom is -0.465 e. The molecule has 0 saturated heterocycles.